The zero-order valence-corrected chi connectivity index (χ0v) is 14.8. The third-order valence-corrected chi connectivity index (χ3v) is 4.61. The van der Waals surface area contributed by atoms with E-state index in [4.69, 9.17) is 4.74 Å². The van der Waals surface area contributed by atoms with Crippen LogP contribution < -0.4 is 10.6 Å². The summed E-state index contributed by atoms with van der Waals surface area (Å²) in [6, 6.07) is 7.90. The van der Waals surface area contributed by atoms with Gasteiger partial charge in [0.1, 0.15) is 0 Å². The van der Waals surface area contributed by atoms with E-state index in [1.807, 2.05) is 35.0 Å². The van der Waals surface area contributed by atoms with Gasteiger partial charge in [0.05, 0.1) is 12.4 Å². The van der Waals surface area contributed by atoms with Crippen LogP contribution >= 0.6 is 0 Å². The second-order valence-corrected chi connectivity index (χ2v) is 6.83. The molecule has 1 aromatic heterocycles. The van der Waals surface area contributed by atoms with Crippen molar-refractivity contribution in [3.8, 4) is 5.69 Å². The highest BCUT2D eigenvalue weighted by Gasteiger charge is 2.30. The van der Waals surface area contributed by atoms with Gasteiger partial charge in [-0.2, -0.15) is 0 Å². The first-order valence-corrected chi connectivity index (χ1v) is 8.84. The number of aromatic nitrogens is 2. The number of carbonyl (C=O) groups excluding carboxylic acids is 1. The lowest BCUT2D eigenvalue weighted by Crippen LogP contribution is -2.40. The van der Waals surface area contributed by atoms with E-state index in [2.05, 4.69) is 29.5 Å². The van der Waals surface area contributed by atoms with E-state index in [9.17, 15) is 4.79 Å². The summed E-state index contributed by atoms with van der Waals surface area (Å²) >= 11 is 0. The minimum Gasteiger partial charge on any atom is -0.378 e. The molecule has 2 heterocycles. The van der Waals surface area contributed by atoms with Crippen LogP contribution in [0.15, 0.2) is 43.0 Å². The molecule has 134 valence electrons. The van der Waals surface area contributed by atoms with E-state index in [0.29, 0.717) is 24.9 Å². The van der Waals surface area contributed by atoms with Crippen LogP contribution in [0.25, 0.3) is 5.69 Å². The number of hydrogen-bond acceptors (Lipinski definition) is 3. The van der Waals surface area contributed by atoms with E-state index >= 15 is 0 Å². The van der Waals surface area contributed by atoms with Gasteiger partial charge in [-0.1, -0.05) is 26.0 Å². The number of carbonyl (C=O) groups is 1. The second-order valence-electron chi connectivity index (χ2n) is 6.83. The van der Waals surface area contributed by atoms with Gasteiger partial charge >= 0.3 is 6.03 Å². The number of amides is 2. The number of benzene rings is 1. The lowest BCUT2D eigenvalue weighted by molar-refractivity contribution is 0.0545. The molecule has 0 saturated carbocycles. The van der Waals surface area contributed by atoms with Gasteiger partial charge in [-0.3, -0.25) is 0 Å². The third kappa shape index (κ3) is 4.60. The van der Waals surface area contributed by atoms with Crippen molar-refractivity contribution in [2.75, 3.05) is 13.2 Å². The van der Waals surface area contributed by atoms with Crippen molar-refractivity contribution in [2.24, 2.45) is 11.8 Å². The minimum atomic E-state index is -0.137. The minimum absolute atomic E-state index is 0.137. The van der Waals surface area contributed by atoms with Crippen LogP contribution in [0.3, 0.4) is 0 Å². The summed E-state index contributed by atoms with van der Waals surface area (Å²) in [5.74, 6) is 0.874. The summed E-state index contributed by atoms with van der Waals surface area (Å²) in [6.07, 6.45) is 6.65. The molecular weight excluding hydrogens is 316 g/mol. The predicted octanol–water partition coefficient (Wildman–Crippen LogP) is 2.73. The van der Waals surface area contributed by atoms with Crippen LogP contribution in [-0.2, 0) is 11.3 Å². The van der Waals surface area contributed by atoms with Crippen molar-refractivity contribution < 1.29 is 9.53 Å². The standard InChI is InChI=1S/C19H26N4O2/c1-14(2)18-16(6-9-25-18)12-22-19(24)21-11-15-4-3-5-17(10-15)23-8-7-20-13-23/h3-5,7-8,10,13-14,16,18H,6,9,11-12H2,1-2H3,(H2,21,22,24)/t16-,18-/m0/s1. The largest absolute Gasteiger partial charge is 0.378 e. The molecule has 1 aliphatic heterocycles. The average Bonchev–Trinajstić information content (AvgIpc) is 3.29. The van der Waals surface area contributed by atoms with Gasteiger partial charge in [0, 0.05) is 43.7 Å². The van der Waals surface area contributed by atoms with Gasteiger partial charge in [0.15, 0.2) is 0 Å². The van der Waals surface area contributed by atoms with Gasteiger partial charge in [0.2, 0.25) is 0 Å². The van der Waals surface area contributed by atoms with E-state index in [0.717, 1.165) is 24.3 Å². The van der Waals surface area contributed by atoms with Crippen molar-refractivity contribution >= 4 is 6.03 Å². The predicted molar refractivity (Wildman–Crippen MR) is 96.5 cm³/mol. The molecule has 0 unspecified atom stereocenters. The highest BCUT2D eigenvalue weighted by atomic mass is 16.5. The molecular formula is C19H26N4O2. The van der Waals surface area contributed by atoms with E-state index in [1.54, 1.807) is 12.5 Å². The van der Waals surface area contributed by atoms with Crippen LogP contribution in [0.4, 0.5) is 4.79 Å². The van der Waals surface area contributed by atoms with Gasteiger partial charge in [-0.25, -0.2) is 9.78 Å². The zero-order chi connectivity index (χ0) is 17.6. The zero-order valence-electron chi connectivity index (χ0n) is 14.8. The maximum Gasteiger partial charge on any atom is 0.315 e. The summed E-state index contributed by atoms with van der Waals surface area (Å²) in [7, 11) is 0. The topological polar surface area (TPSA) is 68.2 Å². The normalized spacial score (nSPS) is 20.0. The Morgan fingerprint density at radius 2 is 2.28 bits per heavy atom. The number of hydrogen-bond donors (Lipinski definition) is 2. The van der Waals surface area contributed by atoms with Crippen molar-refractivity contribution in [3.05, 3.63) is 48.5 Å². The average molecular weight is 342 g/mol. The Morgan fingerprint density at radius 1 is 1.40 bits per heavy atom. The number of nitrogens with one attached hydrogen (secondary N) is 2. The van der Waals surface area contributed by atoms with Gasteiger partial charge < -0.3 is 19.9 Å². The fourth-order valence-corrected chi connectivity index (χ4v) is 3.32. The smallest absolute Gasteiger partial charge is 0.315 e. The molecule has 0 radical (unpaired) electrons. The van der Waals surface area contributed by atoms with Gasteiger partial charge in [-0.05, 0) is 30.0 Å². The van der Waals surface area contributed by atoms with Crippen molar-refractivity contribution in [2.45, 2.75) is 32.9 Å². The molecule has 0 aliphatic carbocycles. The van der Waals surface area contributed by atoms with E-state index in [1.165, 1.54) is 0 Å². The molecule has 1 aliphatic rings. The summed E-state index contributed by atoms with van der Waals surface area (Å²) in [4.78, 5) is 16.1. The number of urea groups is 1. The molecule has 2 aromatic rings. The summed E-state index contributed by atoms with van der Waals surface area (Å²) < 4.78 is 7.70. The molecule has 1 saturated heterocycles. The van der Waals surface area contributed by atoms with Crippen molar-refractivity contribution in [1.82, 2.24) is 20.2 Å². The third-order valence-electron chi connectivity index (χ3n) is 4.61. The summed E-state index contributed by atoms with van der Waals surface area (Å²) in [6.45, 7) is 6.26. The fourth-order valence-electron chi connectivity index (χ4n) is 3.32. The molecule has 2 atom stereocenters. The maximum atomic E-state index is 12.1. The van der Waals surface area contributed by atoms with Crippen LogP contribution in [0, 0.1) is 11.8 Å². The number of ether oxygens (including phenoxy) is 1. The SMILES string of the molecule is CC(C)[C@@H]1OCC[C@H]1CNC(=O)NCc1cccc(-n2ccnc2)c1. The number of imidazole rings is 1. The molecule has 0 bridgehead atoms. The van der Waals surface area contributed by atoms with Crippen LogP contribution in [0.1, 0.15) is 25.8 Å². The quantitative estimate of drug-likeness (QED) is 0.848. The number of rotatable bonds is 6. The Morgan fingerprint density at radius 3 is 3.04 bits per heavy atom. The first-order valence-electron chi connectivity index (χ1n) is 8.84. The molecule has 25 heavy (non-hydrogen) atoms. The van der Waals surface area contributed by atoms with Gasteiger partial charge in [0.25, 0.3) is 0 Å². The molecule has 1 fully saturated rings. The fraction of sp³-hybridized carbons (Fsp3) is 0.474. The molecule has 6 nitrogen and oxygen atoms in total. The van der Waals surface area contributed by atoms with E-state index in [-0.39, 0.29) is 12.1 Å². The molecule has 2 N–H and O–H groups in total. The van der Waals surface area contributed by atoms with Crippen molar-refractivity contribution in [1.29, 1.82) is 0 Å². The van der Waals surface area contributed by atoms with Gasteiger partial charge in [-0.15, -0.1) is 0 Å². The second kappa shape index (κ2) is 8.16. The Hall–Kier alpha value is -2.34. The summed E-state index contributed by atoms with van der Waals surface area (Å²) in [5.41, 5.74) is 2.07. The highest BCUT2D eigenvalue weighted by molar-refractivity contribution is 5.73. The first kappa shape index (κ1) is 17.5. The first-order chi connectivity index (χ1) is 12.1. The molecule has 0 spiro atoms. The van der Waals surface area contributed by atoms with Crippen LogP contribution in [0.2, 0.25) is 0 Å². The van der Waals surface area contributed by atoms with E-state index < -0.39 is 0 Å². The molecule has 2 amide bonds. The van der Waals surface area contributed by atoms with Crippen LogP contribution in [0.5, 0.6) is 0 Å². The lowest BCUT2D eigenvalue weighted by atomic mass is 9.93. The molecule has 3 rings (SSSR count). The highest BCUT2D eigenvalue weighted by Crippen LogP contribution is 2.26. The Kier molecular flexibility index (Phi) is 5.71. The molecule has 1 aromatic carbocycles. The molecule has 6 heteroatoms. The summed E-state index contributed by atoms with van der Waals surface area (Å²) in [5, 5.41) is 5.90. The number of nitrogens with zero attached hydrogens (tertiary/aromatic N) is 2. The monoisotopic (exact) mass is 342 g/mol. The Balaban J connectivity index is 1.47. The van der Waals surface area contributed by atoms with Crippen molar-refractivity contribution in [3.63, 3.8) is 0 Å². The van der Waals surface area contributed by atoms with Crippen LogP contribution in [-0.4, -0.2) is 34.8 Å². The Bertz CT molecular complexity index is 684. The lowest BCUT2D eigenvalue weighted by Gasteiger charge is -2.22. The maximum absolute atomic E-state index is 12.1. The Labute approximate surface area is 148 Å².